The van der Waals surface area contributed by atoms with E-state index >= 15 is 0 Å². The fourth-order valence-corrected chi connectivity index (χ4v) is 2.75. The van der Waals surface area contributed by atoms with Gasteiger partial charge in [-0.2, -0.15) is 0 Å². The Morgan fingerprint density at radius 2 is 1.83 bits per heavy atom. The van der Waals surface area contributed by atoms with Crippen molar-refractivity contribution in [2.24, 2.45) is 7.05 Å². The molecule has 0 radical (unpaired) electrons. The summed E-state index contributed by atoms with van der Waals surface area (Å²) >= 11 is 0. The van der Waals surface area contributed by atoms with E-state index in [4.69, 9.17) is 0 Å². The van der Waals surface area contributed by atoms with Crippen LogP contribution in [0.5, 0.6) is 0 Å². The molecule has 0 saturated carbocycles. The van der Waals surface area contributed by atoms with Crippen LogP contribution in [-0.2, 0) is 7.05 Å². The quantitative estimate of drug-likeness (QED) is 0.760. The minimum Gasteiger partial charge on any atom is -0.356 e. The second-order valence-electron chi connectivity index (χ2n) is 5.75. The first-order valence-corrected chi connectivity index (χ1v) is 8.37. The number of carbonyl (C=O) groups is 1. The summed E-state index contributed by atoms with van der Waals surface area (Å²) in [5.74, 6) is 0.00370. The molecular formula is C19H27N3O. The third-order valence-corrected chi connectivity index (χ3v) is 4.12. The molecule has 2 rings (SSSR count). The molecule has 0 atom stereocenters. The molecule has 0 aliphatic heterocycles. The Morgan fingerprint density at radius 3 is 2.48 bits per heavy atom. The molecule has 2 aromatic rings. The summed E-state index contributed by atoms with van der Waals surface area (Å²) in [6, 6.07) is 10.0. The van der Waals surface area contributed by atoms with Crippen LogP contribution in [0.2, 0.25) is 0 Å². The molecule has 0 unspecified atom stereocenters. The minimum atomic E-state index is 0.00370. The number of hydrogen-bond acceptors (Lipinski definition) is 2. The summed E-state index contributed by atoms with van der Waals surface area (Å²) in [5, 5.41) is 3.05. The Labute approximate surface area is 139 Å². The standard InChI is InChI=1S/C19H27N3O/c1-4-22(5-2)13-9-12-20-19(23)18-15-21(3)14-17(18)16-10-7-6-8-11-16/h6-8,10-11,14-15H,4-5,9,12-13H2,1-3H3,(H,20,23). The van der Waals surface area contributed by atoms with Gasteiger partial charge in [-0.15, -0.1) is 0 Å². The molecule has 4 nitrogen and oxygen atoms in total. The molecule has 0 spiro atoms. The van der Waals surface area contributed by atoms with E-state index in [-0.39, 0.29) is 5.91 Å². The molecule has 23 heavy (non-hydrogen) atoms. The Kier molecular flexibility index (Phi) is 6.41. The van der Waals surface area contributed by atoms with E-state index in [0.717, 1.165) is 42.7 Å². The fraction of sp³-hybridized carbons (Fsp3) is 0.421. The summed E-state index contributed by atoms with van der Waals surface area (Å²) < 4.78 is 1.94. The molecule has 1 heterocycles. The van der Waals surface area contributed by atoms with Crippen molar-refractivity contribution < 1.29 is 4.79 Å². The molecule has 1 aromatic heterocycles. The van der Waals surface area contributed by atoms with E-state index in [0.29, 0.717) is 6.54 Å². The number of nitrogens with one attached hydrogen (secondary N) is 1. The van der Waals surface area contributed by atoms with Gasteiger partial charge in [0.25, 0.3) is 5.91 Å². The van der Waals surface area contributed by atoms with Gasteiger partial charge < -0.3 is 14.8 Å². The van der Waals surface area contributed by atoms with E-state index in [1.165, 1.54) is 0 Å². The summed E-state index contributed by atoms with van der Waals surface area (Å²) in [6.07, 6.45) is 4.86. The molecule has 0 saturated heterocycles. The molecule has 1 N–H and O–H groups in total. The zero-order chi connectivity index (χ0) is 16.7. The maximum Gasteiger partial charge on any atom is 0.253 e. The van der Waals surface area contributed by atoms with Crippen LogP contribution < -0.4 is 5.32 Å². The van der Waals surface area contributed by atoms with Crippen molar-refractivity contribution in [1.29, 1.82) is 0 Å². The third-order valence-electron chi connectivity index (χ3n) is 4.12. The second kappa shape index (κ2) is 8.53. The number of aromatic nitrogens is 1. The summed E-state index contributed by atoms with van der Waals surface area (Å²) in [4.78, 5) is 14.9. The van der Waals surface area contributed by atoms with E-state index < -0.39 is 0 Å². The first-order chi connectivity index (χ1) is 11.2. The predicted octanol–water partition coefficient (Wildman–Crippen LogP) is 3.15. The highest BCUT2D eigenvalue weighted by Gasteiger charge is 2.14. The summed E-state index contributed by atoms with van der Waals surface area (Å²) in [5.41, 5.74) is 2.79. The number of nitrogens with zero attached hydrogens (tertiary/aromatic N) is 2. The van der Waals surface area contributed by atoms with Gasteiger partial charge in [0.05, 0.1) is 5.56 Å². The number of benzene rings is 1. The maximum atomic E-state index is 12.5. The Bertz CT molecular complexity index is 615. The predicted molar refractivity (Wildman–Crippen MR) is 95.6 cm³/mol. The van der Waals surface area contributed by atoms with Crippen molar-refractivity contribution in [2.75, 3.05) is 26.2 Å². The van der Waals surface area contributed by atoms with Crippen molar-refractivity contribution in [3.05, 3.63) is 48.3 Å². The van der Waals surface area contributed by atoms with Gasteiger partial charge in [-0.05, 0) is 31.6 Å². The molecule has 0 aliphatic rings. The average molecular weight is 313 g/mol. The Balaban J connectivity index is 1.98. The van der Waals surface area contributed by atoms with E-state index in [1.807, 2.05) is 54.3 Å². The van der Waals surface area contributed by atoms with Crippen LogP contribution in [0, 0.1) is 0 Å². The first-order valence-electron chi connectivity index (χ1n) is 8.37. The van der Waals surface area contributed by atoms with Crippen LogP contribution in [-0.4, -0.2) is 41.6 Å². The molecule has 4 heteroatoms. The molecule has 124 valence electrons. The smallest absolute Gasteiger partial charge is 0.253 e. The van der Waals surface area contributed by atoms with Crippen molar-refractivity contribution >= 4 is 5.91 Å². The normalized spacial score (nSPS) is 11.0. The highest BCUT2D eigenvalue weighted by atomic mass is 16.1. The molecular weight excluding hydrogens is 286 g/mol. The van der Waals surface area contributed by atoms with Gasteiger partial charge in [-0.1, -0.05) is 44.2 Å². The zero-order valence-corrected chi connectivity index (χ0v) is 14.4. The number of rotatable bonds is 8. The van der Waals surface area contributed by atoms with Crippen molar-refractivity contribution in [1.82, 2.24) is 14.8 Å². The van der Waals surface area contributed by atoms with Crippen molar-refractivity contribution in [3.63, 3.8) is 0 Å². The molecule has 1 amide bonds. The van der Waals surface area contributed by atoms with Crippen molar-refractivity contribution in [2.45, 2.75) is 20.3 Å². The lowest BCUT2D eigenvalue weighted by molar-refractivity contribution is 0.0952. The van der Waals surface area contributed by atoms with Gasteiger partial charge in [-0.3, -0.25) is 4.79 Å². The number of aryl methyl sites for hydroxylation is 1. The van der Waals surface area contributed by atoms with Gasteiger partial charge in [0.2, 0.25) is 0 Å². The lowest BCUT2D eigenvalue weighted by atomic mass is 10.0. The lowest BCUT2D eigenvalue weighted by Gasteiger charge is -2.17. The Morgan fingerprint density at radius 1 is 1.13 bits per heavy atom. The third kappa shape index (κ3) is 4.70. The SMILES string of the molecule is CCN(CC)CCCNC(=O)c1cn(C)cc1-c1ccccc1. The lowest BCUT2D eigenvalue weighted by Crippen LogP contribution is -2.30. The van der Waals surface area contributed by atoms with Crippen LogP contribution in [0.4, 0.5) is 0 Å². The maximum absolute atomic E-state index is 12.5. The van der Waals surface area contributed by atoms with Gasteiger partial charge in [-0.25, -0.2) is 0 Å². The van der Waals surface area contributed by atoms with Crippen LogP contribution in [0.25, 0.3) is 11.1 Å². The summed E-state index contributed by atoms with van der Waals surface area (Å²) in [6.45, 7) is 8.17. The van der Waals surface area contributed by atoms with E-state index in [1.54, 1.807) is 0 Å². The van der Waals surface area contributed by atoms with Gasteiger partial charge in [0.15, 0.2) is 0 Å². The van der Waals surface area contributed by atoms with E-state index in [2.05, 4.69) is 24.1 Å². The largest absolute Gasteiger partial charge is 0.356 e. The van der Waals surface area contributed by atoms with Crippen LogP contribution >= 0.6 is 0 Å². The van der Waals surface area contributed by atoms with Gasteiger partial charge in [0.1, 0.15) is 0 Å². The first kappa shape index (κ1) is 17.3. The van der Waals surface area contributed by atoms with Gasteiger partial charge >= 0.3 is 0 Å². The molecule has 0 fully saturated rings. The highest BCUT2D eigenvalue weighted by Crippen LogP contribution is 2.24. The molecule has 0 bridgehead atoms. The average Bonchev–Trinajstić information content (AvgIpc) is 2.97. The summed E-state index contributed by atoms with van der Waals surface area (Å²) in [7, 11) is 1.95. The van der Waals surface area contributed by atoms with Crippen LogP contribution in [0.3, 0.4) is 0 Å². The van der Waals surface area contributed by atoms with E-state index in [9.17, 15) is 4.79 Å². The molecule has 1 aromatic carbocycles. The topological polar surface area (TPSA) is 37.3 Å². The molecule has 0 aliphatic carbocycles. The highest BCUT2D eigenvalue weighted by molar-refractivity contribution is 6.00. The van der Waals surface area contributed by atoms with Crippen molar-refractivity contribution in [3.8, 4) is 11.1 Å². The van der Waals surface area contributed by atoms with Gasteiger partial charge in [0, 0.05) is 31.5 Å². The second-order valence-corrected chi connectivity index (χ2v) is 5.75. The number of carbonyl (C=O) groups excluding carboxylic acids is 1. The minimum absolute atomic E-state index is 0.00370. The monoisotopic (exact) mass is 313 g/mol. The zero-order valence-electron chi connectivity index (χ0n) is 14.4. The Hall–Kier alpha value is -2.07. The van der Waals surface area contributed by atoms with Crippen LogP contribution in [0.1, 0.15) is 30.6 Å². The number of amides is 1. The number of hydrogen-bond donors (Lipinski definition) is 1. The van der Waals surface area contributed by atoms with Crippen LogP contribution in [0.15, 0.2) is 42.7 Å². The fourth-order valence-electron chi connectivity index (χ4n) is 2.75.